The number of methoxy groups -OCH3 is 1. The Morgan fingerprint density at radius 1 is 1.14 bits per heavy atom. The molecule has 0 saturated carbocycles. The van der Waals surface area contributed by atoms with Crippen LogP contribution in [0.3, 0.4) is 0 Å². The van der Waals surface area contributed by atoms with E-state index in [-0.39, 0.29) is 16.4 Å². The Kier molecular flexibility index (Phi) is 6.28. The second kappa shape index (κ2) is 8.87. The van der Waals surface area contributed by atoms with E-state index in [2.05, 4.69) is 20.7 Å². The molecule has 1 aliphatic rings. The zero-order chi connectivity index (χ0) is 21.0. The Morgan fingerprint density at radius 2 is 1.79 bits per heavy atom. The second-order valence-corrected chi connectivity index (χ2v) is 6.55. The normalized spacial score (nSPS) is 16.2. The summed E-state index contributed by atoms with van der Waals surface area (Å²) < 4.78 is 35.6. The largest absolute Gasteiger partial charge is 0.495 e. The van der Waals surface area contributed by atoms with Crippen molar-refractivity contribution in [1.29, 1.82) is 0 Å². The second-order valence-electron chi connectivity index (χ2n) is 6.14. The van der Waals surface area contributed by atoms with E-state index in [1.54, 1.807) is 49.4 Å². The first kappa shape index (κ1) is 20.5. The summed E-state index contributed by atoms with van der Waals surface area (Å²) in [5.41, 5.74) is 1.62. The molecule has 0 fully saturated rings. The molecule has 1 heterocycles. The number of thiocarbonyl (C=S) groups is 1. The van der Waals surface area contributed by atoms with Crippen LogP contribution in [0.5, 0.6) is 11.5 Å². The molecule has 152 valence electrons. The van der Waals surface area contributed by atoms with Gasteiger partial charge in [0.25, 0.3) is 5.91 Å². The lowest BCUT2D eigenvalue weighted by molar-refractivity contribution is -0.113. The van der Waals surface area contributed by atoms with Crippen LogP contribution in [-0.4, -0.2) is 24.7 Å². The van der Waals surface area contributed by atoms with Gasteiger partial charge < -0.3 is 25.4 Å². The van der Waals surface area contributed by atoms with Crippen molar-refractivity contribution in [3.8, 4) is 11.5 Å². The van der Waals surface area contributed by atoms with Crippen LogP contribution in [0, 0.1) is 0 Å². The highest BCUT2D eigenvalue weighted by Crippen LogP contribution is 2.35. The van der Waals surface area contributed by atoms with Crippen LogP contribution in [0.25, 0.3) is 0 Å². The first-order valence-electron chi connectivity index (χ1n) is 8.67. The fraction of sp³-hybridized carbons (Fsp3) is 0.200. The number of nitrogens with one attached hydrogen (secondary N) is 3. The van der Waals surface area contributed by atoms with E-state index >= 15 is 0 Å². The van der Waals surface area contributed by atoms with Gasteiger partial charge in [0.05, 0.1) is 24.4 Å². The Hall–Kier alpha value is -3.20. The molecule has 9 heteroatoms. The molecule has 3 N–H and O–H groups in total. The van der Waals surface area contributed by atoms with Crippen LogP contribution in [0.4, 0.5) is 14.5 Å². The lowest BCUT2D eigenvalue weighted by atomic mass is 9.94. The van der Waals surface area contributed by atoms with Crippen LogP contribution >= 0.6 is 12.2 Å². The number of carbonyl (C=O) groups excluding carboxylic acids is 1. The van der Waals surface area contributed by atoms with Gasteiger partial charge in [-0.2, -0.15) is 8.78 Å². The van der Waals surface area contributed by atoms with Crippen LogP contribution < -0.4 is 25.4 Å². The average Bonchev–Trinajstić information content (AvgIpc) is 2.67. The number of carbonyl (C=O) groups is 1. The van der Waals surface area contributed by atoms with Gasteiger partial charge in [-0.25, -0.2) is 0 Å². The quantitative estimate of drug-likeness (QED) is 0.620. The lowest BCUT2D eigenvalue weighted by Crippen LogP contribution is -2.45. The number of alkyl halides is 2. The summed E-state index contributed by atoms with van der Waals surface area (Å²) >= 11 is 5.20. The van der Waals surface area contributed by atoms with Gasteiger partial charge in [-0.15, -0.1) is 0 Å². The van der Waals surface area contributed by atoms with E-state index in [4.69, 9.17) is 17.0 Å². The van der Waals surface area contributed by atoms with Crippen molar-refractivity contribution in [3.63, 3.8) is 0 Å². The number of benzene rings is 2. The Morgan fingerprint density at radius 3 is 2.48 bits per heavy atom. The number of amides is 1. The van der Waals surface area contributed by atoms with Gasteiger partial charge >= 0.3 is 6.61 Å². The smallest absolute Gasteiger partial charge is 0.387 e. The molecule has 0 saturated heterocycles. The van der Waals surface area contributed by atoms with Gasteiger partial charge in [-0.3, -0.25) is 4.79 Å². The Labute approximate surface area is 171 Å². The fourth-order valence-electron chi connectivity index (χ4n) is 3.09. The third kappa shape index (κ3) is 4.62. The molecule has 0 aliphatic carbocycles. The number of hydrogen-bond donors (Lipinski definition) is 3. The predicted molar refractivity (Wildman–Crippen MR) is 109 cm³/mol. The summed E-state index contributed by atoms with van der Waals surface area (Å²) in [7, 11) is 1.50. The van der Waals surface area contributed by atoms with Crippen molar-refractivity contribution in [2.75, 3.05) is 12.4 Å². The van der Waals surface area contributed by atoms with Crippen LogP contribution in [0.15, 0.2) is 59.8 Å². The molecule has 2 aromatic rings. The van der Waals surface area contributed by atoms with Gasteiger partial charge in [-0.05, 0) is 37.3 Å². The molecular formula is C20H19F2N3O3S. The molecule has 3 rings (SSSR count). The predicted octanol–water partition coefficient (Wildman–Crippen LogP) is 3.73. The summed E-state index contributed by atoms with van der Waals surface area (Å²) in [6, 6.07) is 12.4. The van der Waals surface area contributed by atoms with Crippen molar-refractivity contribution in [2.45, 2.75) is 19.6 Å². The third-order valence-corrected chi connectivity index (χ3v) is 4.53. The number of ether oxygens (including phenoxy) is 2. The highest BCUT2D eigenvalue weighted by atomic mass is 32.1. The summed E-state index contributed by atoms with van der Waals surface area (Å²) in [4.78, 5) is 13.1. The third-order valence-electron chi connectivity index (χ3n) is 4.32. The highest BCUT2D eigenvalue weighted by molar-refractivity contribution is 7.80. The summed E-state index contributed by atoms with van der Waals surface area (Å²) in [6.07, 6.45) is 0. The average molecular weight is 419 g/mol. The molecule has 1 amide bonds. The van der Waals surface area contributed by atoms with Crippen molar-refractivity contribution in [1.82, 2.24) is 10.6 Å². The molecule has 2 aromatic carbocycles. The van der Waals surface area contributed by atoms with Crippen molar-refractivity contribution >= 4 is 28.9 Å². The van der Waals surface area contributed by atoms with Crippen LogP contribution in [0.1, 0.15) is 18.5 Å². The number of anilines is 1. The van der Waals surface area contributed by atoms with E-state index in [1.165, 1.54) is 13.2 Å². The topological polar surface area (TPSA) is 71.6 Å². The number of hydrogen-bond acceptors (Lipinski definition) is 4. The molecule has 29 heavy (non-hydrogen) atoms. The van der Waals surface area contributed by atoms with Crippen LogP contribution in [0.2, 0.25) is 0 Å². The molecule has 0 spiro atoms. The molecule has 1 unspecified atom stereocenters. The standard InChI is InChI=1S/C20H19F2N3O3S/c1-11-16(18(26)24-13-8-4-6-10-15(13)27-2)17(25-20(29)23-11)12-7-3-5-9-14(12)28-19(21)22/h3-10,17,19H,1-2H3,(H,24,26)(H2,23,25,29). The van der Waals surface area contributed by atoms with E-state index in [1.807, 2.05) is 0 Å². The number of para-hydroxylation sites is 3. The maximum absolute atomic E-state index is 13.1. The zero-order valence-corrected chi connectivity index (χ0v) is 16.5. The van der Waals surface area contributed by atoms with Gasteiger partial charge in [0.15, 0.2) is 5.11 Å². The minimum absolute atomic E-state index is 0.0416. The number of rotatable bonds is 6. The van der Waals surface area contributed by atoms with Crippen LogP contribution in [-0.2, 0) is 4.79 Å². The Balaban J connectivity index is 2.00. The fourth-order valence-corrected chi connectivity index (χ4v) is 3.36. The van der Waals surface area contributed by atoms with Gasteiger partial charge in [0.2, 0.25) is 0 Å². The van der Waals surface area contributed by atoms with Gasteiger partial charge in [0.1, 0.15) is 11.5 Å². The summed E-state index contributed by atoms with van der Waals surface area (Å²) in [5, 5.41) is 8.94. The molecule has 0 aromatic heterocycles. The van der Waals surface area contributed by atoms with Crippen molar-refractivity contribution in [2.24, 2.45) is 0 Å². The molecule has 0 bridgehead atoms. The van der Waals surface area contributed by atoms with Crippen molar-refractivity contribution < 1.29 is 23.0 Å². The molecule has 0 radical (unpaired) electrons. The SMILES string of the molecule is COc1ccccc1NC(=O)C1=C(C)NC(=S)NC1c1ccccc1OC(F)F. The molecule has 1 aliphatic heterocycles. The molecular weight excluding hydrogens is 400 g/mol. The molecule has 1 atom stereocenters. The minimum atomic E-state index is -3.00. The minimum Gasteiger partial charge on any atom is -0.495 e. The van der Waals surface area contributed by atoms with E-state index in [0.29, 0.717) is 22.7 Å². The maximum atomic E-state index is 13.1. The zero-order valence-electron chi connectivity index (χ0n) is 15.7. The van der Waals surface area contributed by atoms with Crippen molar-refractivity contribution in [3.05, 3.63) is 65.4 Å². The number of halogens is 2. The first-order chi connectivity index (χ1) is 13.9. The number of allylic oxidation sites excluding steroid dienone is 1. The summed E-state index contributed by atoms with van der Waals surface area (Å²) in [5.74, 6) is 0.00998. The lowest BCUT2D eigenvalue weighted by Gasteiger charge is -2.31. The first-order valence-corrected chi connectivity index (χ1v) is 9.08. The van der Waals surface area contributed by atoms with E-state index in [0.717, 1.165) is 0 Å². The maximum Gasteiger partial charge on any atom is 0.387 e. The van der Waals surface area contributed by atoms with Gasteiger partial charge in [-0.1, -0.05) is 30.3 Å². The monoisotopic (exact) mass is 419 g/mol. The summed E-state index contributed by atoms with van der Waals surface area (Å²) in [6.45, 7) is -1.31. The van der Waals surface area contributed by atoms with E-state index < -0.39 is 18.6 Å². The molecule has 6 nitrogen and oxygen atoms in total. The highest BCUT2D eigenvalue weighted by Gasteiger charge is 2.32. The van der Waals surface area contributed by atoms with E-state index in [9.17, 15) is 13.6 Å². The van der Waals surface area contributed by atoms with Gasteiger partial charge in [0, 0.05) is 11.3 Å². The Bertz CT molecular complexity index is 965.